The van der Waals surface area contributed by atoms with Gasteiger partial charge in [-0.05, 0) is 71.2 Å². The van der Waals surface area contributed by atoms with E-state index in [0.717, 1.165) is 26.7 Å². The summed E-state index contributed by atoms with van der Waals surface area (Å²) in [6.07, 6.45) is -8.37. The first-order valence-electron chi connectivity index (χ1n) is 20.1. The van der Waals surface area contributed by atoms with Gasteiger partial charge in [-0.25, -0.2) is 19.0 Å². The number of halogens is 4. The topological polar surface area (TPSA) is 170 Å². The lowest BCUT2D eigenvalue weighted by molar-refractivity contribution is -0.203. The Morgan fingerprint density at radius 2 is 1.76 bits per heavy atom. The van der Waals surface area contributed by atoms with Crippen LogP contribution in [-0.2, 0) is 42.4 Å². The maximum atomic E-state index is 15.3. The second-order valence-electron chi connectivity index (χ2n) is 16.0. The average molecular weight is 852 g/mol. The fourth-order valence-electron chi connectivity index (χ4n) is 9.76. The first-order valence-corrected chi connectivity index (χ1v) is 20.1. The van der Waals surface area contributed by atoms with Crippen LogP contribution in [0.15, 0.2) is 65.5 Å². The largest absolute Gasteiger partial charge is 0.458 e. The highest BCUT2D eigenvalue weighted by atomic mass is 19.4. The second-order valence-corrected chi connectivity index (χ2v) is 16.0. The smallest absolute Gasteiger partial charge is 0.420 e. The number of cyclic esters (lactones) is 1. The molecule has 62 heavy (non-hydrogen) atoms. The number of fused-ring (bicyclic) bond motifs is 7. The molecule has 10 rings (SSSR count). The van der Waals surface area contributed by atoms with Crippen LogP contribution in [0.1, 0.15) is 70.7 Å². The summed E-state index contributed by atoms with van der Waals surface area (Å²) < 4.78 is 78.3. The molecule has 0 spiro atoms. The molecule has 0 bridgehead atoms. The van der Waals surface area contributed by atoms with Gasteiger partial charge in [-0.1, -0.05) is 55.5 Å². The monoisotopic (exact) mass is 851 g/mol. The van der Waals surface area contributed by atoms with E-state index in [2.05, 4.69) is 16.0 Å². The Kier molecular flexibility index (Phi) is 9.08. The van der Waals surface area contributed by atoms with Crippen LogP contribution in [0.4, 0.5) is 22.4 Å². The molecular weight excluding hydrogens is 815 g/mol. The zero-order chi connectivity index (χ0) is 43.4. The molecule has 2 aliphatic carbocycles. The van der Waals surface area contributed by atoms with Gasteiger partial charge in [0.25, 0.3) is 5.56 Å². The van der Waals surface area contributed by atoms with Gasteiger partial charge < -0.3 is 35.3 Å². The Labute approximate surface area is 348 Å². The van der Waals surface area contributed by atoms with E-state index in [-0.39, 0.29) is 63.8 Å². The van der Waals surface area contributed by atoms with Crippen LogP contribution >= 0.6 is 0 Å². The fourth-order valence-corrected chi connectivity index (χ4v) is 9.76. The number of nitrogens with zero attached hydrogens (tertiary/aromatic N) is 2. The minimum Gasteiger partial charge on any atom is -0.458 e. The van der Waals surface area contributed by atoms with Crippen LogP contribution in [0.25, 0.3) is 44.1 Å². The van der Waals surface area contributed by atoms with Gasteiger partial charge in [0.1, 0.15) is 32.3 Å². The molecule has 6 aromatic rings. The summed E-state index contributed by atoms with van der Waals surface area (Å²) in [6.45, 7) is 0.987. The molecular formula is C45H37F4N5O8. The van der Waals surface area contributed by atoms with E-state index in [1.807, 2.05) is 48.5 Å². The van der Waals surface area contributed by atoms with Crippen molar-refractivity contribution in [3.8, 4) is 11.1 Å². The lowest BCUT2D eigenvalue weighted by atomic mass is 9.81. The van der Waals surface area contributed by atoms with Gasteiger partial charge in [0.15, 0.2) is 11.7 Å². The molecule has 5 heterocycles. The van der Waals surface area contributed by atoms with Crippen molar-refractivity contribution < 1.29 is 51.3 Å². The molecule has 0 saturated heterocycles. The summed E-state index contributed by atoms with van der Waals surface area (Å²) in [6, 6.07) is 17.4. The fraction of sp³-hybridized carbons (Fsp3) is 0.311. The maximum absolute atomic E-state index is 15.3. The Balaban J connectivity index is 0.968. The van der Waals surface area contributed by atoms with Gasteiger partial charge in [0, 0.05) is 28.3 Å². The molecule has 3 atom stereocenters. The molecule has 13 nitrogen and oxygen atoms in total. The Hall–Kier alpha value is -6.59. The number of esters is 1. The summed E-state index contributed by atoms with van der Waals surface area (Å²) in [5, 5.41) is 19.6. The van der Waals surface area contributed by atoms with E-state index in [1.165, 1.54) is 19.1 Å². The Morgan fingerprint density at radius 3 is 2.45 bits per heavy atom. The normalized spacial score (nSPS) is 19.2. The van der Waals surface area contributed by atoms with Crippen molar-refractivity contribution in [2.75, 3.05) is 19.9 Å². The predicted octanol–water partition coefficient (Wildman–Crippen LogP) is 5.08. The molecule has 3 aromatic carbocycles. The number of rotatable bonds is 9. The van der Waals surface area contributed by atoms with Crippen LogP contribution < -0.4 is 26.9 Å². The van der Waals surface area contributed by atoms with Crippen molar-refractivity contribution in [1.82, 2.24) is 25.3 Å². The van der Waals surface area contributed by atoms with E-state index < -0.39 is 78.8 Å². The third-order valence-corrected chi connectivity index (χ3v) is 12.7. The van der Waals surface area contributed by atoms with Crippen molar-refractivity contribution in [2.45, 2.75) is 69.6 Å². The predicted molar refractivity (Wildman–Crippen MR) is 215 cm³/mol. The van der Waals surface area contributed by atoms with Gasteiger partial charge in [-0.2, -0.15) is 13.2 Å². The average Bonchev–Trinajstić information content (AvgIpc) is 3.76. The number of amides is 2. The van der Waals surface area contributed by atoms with Gasteiger partial charge >= 0.3 is 18.2 Å². The van der Waals surface area contributed by atoms with Crippen LogP contribution in [0, 0.1) is 12.7 Å². The van der Waals surface area contributed by atoms with E-state index >= 15 is 17.6 Å². The zero-order valence-corrected chi connectivity index (χ0v) is 33.2. The van der Waals surface area contributed by atoms with Crippen LogP contribution in [-0.4, -0.2) is 64.6 Å². The van der Waals surface area contributed by atoms with E-state index in [9.17, 15) is 24.3 Å². The minimum atomic E-state index is -5.11. The highest BCUT2D eigenvalue weighted by Crippen LogP contribution is 2.46. The van der Waals surface area contributed by atoms with Crippen LogP contribution in [0.3, 0.4) is 0 Å². The number of aryl methyl sites for hydroxylation is 1. The lowest BCUT2D eigenvalue weighted by Gasteiger charge is -2.35. The quantitative estimate of drug-likeness (QED) is 0.0875. The maximum Gasteiger partial charge on any atom is 0.420 e. The molecule has 0 saturated carbocycles. The molecule has 4 aliphatic rings. The number of hydrogen-bond acceptors (Lipinski definition) is 10. The summed E-state index contributed by atoms with van der Waals surface area (Å²) in [7, 11) is 0. The van der Waals surface area contributed by atoms with Crippen LogP contribution in [0.5, 0.6) is 0 Å². The number of ether oxygens (including phenoxy) is 3. The molecule has 17 heteroatoms. The summed E-state index contributed by atoms with van der Waals surface area (Å²) in [5.74, 6) is -2.60. The Bertz CT molecular complexity index is 3030. The SMILES string of the molecule is CCC1(O)C(=O)OCc2c1cc1c3nc4cc(F)c(C)c5c4c4c3c(n1c2=O)=C(C(OCNC(=O)CNC(=O)OCC1c2ccccc2-c2ccccc21)C(F)(F)F)N[C@H]4CC5. The molecule has 0 fully saturated rings. The molecule has 318 valence electrons. The van der Waals surface area contributed by atoms with E-state index in [0.29, 0.717) is 28.5 Å². The molecule has 2 unspecified atom stereocenters. The first kappa shape index (κ1) is 39.5. The molecule has 0 radical (unpaired) electrons. The van der Waals surface area contributed by atoms with E-state index in [1.54, 1.807) is 6.92 Å². The highest BCUT2D eigenvalue weighted by Gasteiger charge is 2.49. The number of alkyl carbamates (subject to hydrolysis) is 1. The third kappa shape index (κ3) is 5.85. The number of aliphatic hydroxyl groups is 1. The molecule has 4 N–H and O–H groups in total. The van der Waals surface area contributed by atoms with Crippen molar-refractivity contribution in [1.29, 1.82) is 0 Å². The molecule has 3 aromatic heterocycles. The van der Waals surface area contributed by atoms with Gasteiger partial charge in [-0.15, -0.1) is 0 Å². The highest BCUT2D eigenvalue weighted by molar-refractivity contribution is 6.08. The van der Waals surface area contributed by atoms with Crippen molar-refractivity contribution >= 4 is 51.0 Å². The summed E-state index contributed by atoms with van der Waals surface area (Å²) >= 11 is 0. The lowest BCUT2D eigenvalue weighted by Crippen LogP contribution is -2.49. The number of pyridine rings is 2. The summed E-state index contributed by atoms with van der Waals surface area (Å²) in [5.41, 5.74) is 2.04. The summed E-state index contributed by atoms with van der Waals surface area (Å²) in [4.78, 5) is 57.7. The third-order valence-electron chi connectivity index (χ3n) is 12.7. The van der Waals surface area contributed by atoms with Crippen molar-refractivity contribution in [2.24, 2.45) is 0 Å². The second kappa shape index (κ2) is 14.2. The first-order chi connectivity index (χ1) is 29.7. The van der Waals surface area contributed by atoms with Crippen molar-refractivity contribution in [3.05, 3.63) is 121 Å². The van der Waals surface area contributed by atoms with Crippen LogP contribution in [0.2, 0.25) is 0 Å². The number of alkyl halides is 3. The van der Waals surface area contributed by atoms with Crippen molar-refractivity contribution in [3.63, 3.8) is 0 Å². The number of carbonyl (C=O) groups excluding carboxylic acids is 3. The van der Waals surface area contributed by atoms with Gasteiger partial charge in [0.05, 0.1) is 39.2 Å². The number of aromatic nitrogens is 2. The Morgan fingerprint density at radius 1 is 1.05 bits per heavy atom. The van der Waals surface area contributed by atoms with Gasteiger partial charge in [-0.3, -0.25) is 14.0 Å². The van der Waals surface area contributed by atoms with Gasteiger partial charge in [0.2, 0.25) is 5.91 Å². The number of hydrogen-bond donors (Lipinski definition) is 4. The standard InChI is InChI=1S/C45H37F4N5O8/c1-3-44(59)28-14-32-37-36-35-30(13-12-21-20(2)29(46)15-31(53-37)34(21)35)52-38(39(36)54(32)41(56)27(28)18-60-42(44)57)40(45(47,48)49)62-19-51-33(55)16-50-43(58)61-17-26-24-10-6-4-8-22(24)23-9-5-7-11-25(23)26/h4-11,14-15,26,30,40,52,59H,3,12-13,16-19H2,1-2H3,(H,50,58)(H,51,55)/t30-,40?,44?/m0/s1. The number of carbonyl (C=O) groups is 3. The number of benzene rings is 3. The van der Waals surface area contributed by atoms with E-state index in [4.69, 9.17) is 19.2 Å². The molecule has 2 amide bonds. The number of nitrogens with one attached hydrogen (secondary N) is 3. The molecule has 2 aliphatic heterocycles. The zero-order valence-electron chi connectivity index (χ0n) is 33.2. The minimum absolute atomic E-state index is 0.0138.